The van der Waals surface area contributed by atoms with Gasteiger partial charge in [0.15, 0.2) is 9.84 Å². The van der Waals surface area contributed by atoms with Gasteiger partial charge in [0.25, 0.3) is 0 Å². The first-order valence-corrected chi connectivity index (χ1v) is 11.3. The van der Waals surface area contributed by atoms with Crippen molar-refractivity contribution >= 4 is 15.8 Å². The molecule has 1 fully saturated rings. The van der Waals surface area contributed by atoms with E-state index in [1.54, 1.807) is 12.1 Å². The van der Waals surface area contributed by atoms with Crippen LogP contribution in [0.25, 0.3) is 0 Å². The summed E-state index contributed by atoms with van der Waals surface area (Å²) >= 11 is 0. The lowest BCUT2D eigenvalue weighted by Gasteiger charge is -2.35. The van der Waals surface area contributed by atoms with E-state index in [2.05, 4.69) is 9.88 Å². The maximum absolute atomic E-state index is 12.1. The smallest absolute Gasteiger partial charge is 0.225 e. The van der Waals surface area contributed by atoms with Gasteiger partial charge in [-0.3, -0.25) is 4.90 Å². The number of fused-ring (bicyclic) bond motifs is 2. The standard InChI is InChI=1S/C20H26N4O3S/c1-23(2)19-21-10-16-12-27-14-20(18(16)22-19)8-9-24(13-20)11-15-6-4-5-7-17(15)28(3,25)26/h4-7,10H,8-9,11-14H2,1-3H3/t20-/m1/s1. The Balaban J connectivity index is 1.62. The molecule has 0 bridgehead atoms. The molecular weight excluding hydrogens is 376 g/mol. The molecule has 2 aromatic rings. The maximum atomic E-state index is 12.1. The molecule has 1 atom stereocenters. The van der Waals surface area contributed by atoms with Gasteiger partial charge in [-0.15, -0.1) is 0 Å². The highest BCUT2D eigenvalue weighted by atomic mass is 32.2. The Morgan fingerprint density at radius 3 is 2.82 bits per heavy atom. The lowest BCUT2D eigenvalue weighted by atomic mass is 9.80. The van der Waals surface area contributed by atoms with Gasteiger partial charge in [0.05, 0.1) is 29.2 Å². The molecule has 0 amide bonds. The zero-order chi connectivity index (χ0) is 19.9. The van der Waals surface area contributed by atoms with Crippen LogP contribution >= 0.6 is 0 Å². The molecule has 2 aliphatic rings. The van der Waals surface area contributed by atoms with Crippen LogP contribution in [0.5, 0.6) is 0 Å². The molecule has 150 valence electrons. The number of ether oxygens (including phenoxy) is 1. The maximum Gasteiger partial charge on any atom is 0.225 e. The lowest BCUT2D eigenvalue weighted by molar-refractivity contribution is 0.0502. The Morgan fingerprint density at radius 1 is 1.29 bits per heavy atom. The van der Waals surface area contributed by atoms with Crippen molar-refractivity contribution in [2.75, 3.05) is 44.9 Å². The Labute approximate surface area is 166 Å². The highest BCUT2D eigenvalue weighted by Crippen LogP contribution is 2.40. The van der Waals surface area contributed by atoms with Crippen molar-refractivity contribution in [1.82, 2.24) is 14.9 Å². The number of rotatable bonds is 4. The number of hydrogen-bond acceptors (Lipinski definition) is 7. The quantitative estimate of drug-likeness (QED) is 0.769. The third kappa shape index (κ3) is 3.52. The van der Waals surface area contributed by atoms with Crippen molar-refractivity contribution in [2.24, 2.45) is 0 Å². The number of aromatic nitrogens is 2. The first-order chi connectivity index (χ1) is 13.3. The summed E-state index contributed by atoms with van der Waals surface area (Å²) in [5, 5.41) is 0. The van der Waals surface area contributed by atoms with Gasteiger partial charge in [0.1, 0.15) is 0 Å². The van der Waals surface area contributed by atoms with Crippen molar-refractivity contribution in [2.45, 2.75) is 29.9 Å². The van der Waals surface area contributed by atoms with E-state index in [1.165, 1.54) is 6.26 Å². The van der Waals surface area contributed by atoms with E-state index in [1.807, 2.05) is 37.3 Å². The summed E-state index contributed by atoms with van der Waals surface area (Å²) in [6.07, 6.45) is 4.08. The summed E-state index contributed by atoms with van der Waals surface area (Å²) in [6.45, 7) is 3.45. The van der Waals surface area contributed by atoms with E-state index in [0.717, 1.165) is 36.3 Å². The highest BCUT2D eigenvalue weighted by Gasteiger charge is 2.45. The van der Waals surface area contributed by atoms with E-state index < -0.39 is 9.84 Å². The molecule has 1 aromatic heterocycles. The molecule has 1 spiro atoms. The van der Waals surface area contributed by atoms with Gasteiger partial charge in [-0.25, -0.2) is 18.4 Å². The molecule has 4 rings (SSSR count). The van der Waals surface area contributed by atoms with Gasteiger partial charge < -0.3 is 9.64 Å². The average Bonchev–Trinajstić information content (AvgIpc) is 3.04. The van der Waals surface area contributed by atoms with Gasteiger partial charge in [0.2, 0.25) is 5.95 Å². The lowest BCUT2D eigenvalue weighted by Crippen LogP contribution is -2.40. The van der Waals surface area contributed by atoms with E-state index in [0.29, 0.717) is 30.6 Å². The predicted octanol–water partition coefficient (Wildman–Crippen LogP) is 1.62. The molecule has 28 heavy (non-hydrogen) atoms. The Hall–Kier alpha value is -2.03. The van der Waals surface area contributed by atoms with Gasteiger partial charge >= 0.3 is 0 Å². The number of benzene rings is 1. The van der Waals surface area contributed by atoms with E-state index in [4.69, 9.17) is 9.72 Å². The molecule has 7 nitrogen and oxygen atoms in total. The molecule has 1 saturated heterocycles. The Morgan fingerprint density at radius 2 is 2.07 bits per heavy atom. The van der Waals surface area contributed by atoms with Gasteiger partial charge in [-0.2, -0.15) is 0 Å². The second-order valence-electron chi connectivity index (χ2n) is 8.05. The van der Waals surface area contributed by atoms with Crippen LogP contribution in [0.3, 0.4) is 0 Å². The van der Waals surface area contributed by atoms with Gasteiger partial charge in [-0.05, 0) is 24.6 Å². The largest absolute Gasteiger partial charge is 0.376 e. The molecule has 3 heterocycles. The minimum atomic E-state index is -3.25. The SMILES string of the molecule is CN(C)c1ncc2c(n1)[C@@]1(CCN(Cc3ccccc3S(C)(=O)=O)C1)COC2. The van der Waals surface area contributed by atoms with Crippen molar-refractivity contribution in [3.8, 4) is 0 Å². The van der Waals surface area contributed by atoms with Crippen LogP contribution in [0.2, 0.25) is 0 Å². The number of sulfone groups is 1. The zero-order valence-corrected chi connectivity index (χ0v) is 17.4. The highest BCUT2D eigenvalue weighted by molar-refractivity contribution is 7.90. The summed E-state index contributed by atoms with van der Waals surface area (Å²) in [6, 6.07) is 7.26. The molecule has 0 unspecified atom stereocenters. The molecule has 0 saturated carbocycles. The number of likely N-dealkylation sites (tertiary alicyclic amines) is 1. The van der Waals surface area contributed by atoms with Crippen molar-refractivity contribution in [3.05, 3.63) is 47.3 Å². The fourth-order valence-electron chi connectivity index (χ4n) is 4.24. The Kier molecular flexibility index (Phi) is 4.89. The van der Waals surface area contributed by atoms with Gasteiger partial charge in [0, 0.05) is 45.2 Å². The Bertz CT molecular complexity index is 993. The third-order valence-corrected chi connectivity index (χ3v) is 6.79. The molecule has 8 heteroatoms. The molecule has 0 aliphatic carbocycles. The van der Waals surface area contributed by atoms with Crippen LogP contribution in [0.4, 0.5) is 5.95 Å². The van der Waals surface area contributed by atoms with Crippen LogP contribution in [0.1, 0.15) is 23.2 Å². The van der Waals surface area contributed by atoms with E-state index in [9.17, 15) is 8.42 Å². The summed E-state index contributed by atoms with van der Waals surface area (Å²) in [4.78, 5) is 13.9. The minimum Gasteiger partial charge on any atom is -0.376 e. The van der Waals surface area contributed by atoms with Crippen LogP contribution < -0.4 is 4.90 Å². The predicted molar refractivity (Wildman–Crippen MR) is 107 cm³/mol. The van der Waals surface area contributed by atoms with E-state index in [-0.39, 0.29) is 5.41 Å². The molecule has 0 radical (unpaired) electrons. The van der Waals surface area contributed by atoms with Crippen LogP contribution in [-0.2, 0) is 33.1 Å². The van der Waals surface area contributed by atoms with Crippen LogP contribution in [0.15, 0.2) is 35.4 Å². The van der Waals surface area contributed by atoms with Crippen molar-refractivity contribution in [1.29, 1.82) is 0 Å². The fourth-order valence-corrected chi connectivity index (χ4v) is 5.18. The van der Waals surface area contributed by atoms with Crippen LogP contribution in [-0.4, -0.2) is 63.3 Å². The molecule has 1 aromatic carbocycles. The van der Waals surface area contributed by atoms with Crippen LogP contribution in [0, 0.1) is 0 Å². The number of anilines is 1. The summed E-state index contributed by atoms with van der Waals surface area (Å²) < 4.78 is 30.1. The monoisotopic (exact) mass is 402 g/mol. The van der Waals surface area contributed by atoms with Crippen molar-refractivity contribution < 1.29 is 13.2 Å². The topological polar surface area (TPSA) is 75.6 Å². The first kappa shape index (κ1) is 19.3. The second kappa shape index (κ2) is 7.09. The molecule has 0 N–H and O–H groups in total. The third-order valence-electron chi connectivity index (χ3n) is 5.59. The van der Waals surface area contributed by atoms with E-state index >= 15 is 0 Å². The summed E-state index contributed by atoms with van der Waals surface area (Å²) in [7, 11) is 0.633. The normalized spacial score (nSPS) is 22.4. The molecule has 2 aliphatic heterocycles. The van der Waals surface area contributed by atoms with Gasteiger partial charge in [-0.1, -0.05) is 18.2 Å². The zero-order valence-electron chi connectivity index (χ0n) is 16.6. The van der Waals surface area contributed by atoms with Crippen molar-refractivity contribution in [3.63, 3.8) is 0 Å². The number of hydrogen-bond donors (Lipinski definition) is 0. The molecular formula is C20H26N4O3S. The first-order valence-electron chi connectivity index (χ1n) is 9.40. The number of nitrogens with zero attached hydrogens (tertiary/aromatic N) is 4. The minimum absolute atomic E-state index is 0.165. The second-order valence-corrected chi connectivity index (χ2v) is 10.0. The summed E-state index contributed by atoms with van der Waals surface area (Å²) in [5.74, 6) is 0.709. The average molecular weight is 403 g/mol. The fraction of sp³-hybridized carbons (Fsp3) is 0.500. The summed E-state index contributed by atoms with van der Waals surface area (Å²) in [5.41, 5.74) is 2.81.